The van der Waals surface area contributed by atoms with E-state index in [1.807, 2.05) is 54.6 Å². The van der Waals surface area contributed by atoms with Crippen LogP contribution >= 0.6 is 0 Å². The van der Waals surface area contributed by atoms with Crippen molar-refractivity contribution < 1.29 is 18.7 Å². The fourth-order valence-electron chi connectivity index (χ4n) is 3.50. The van der Waals surface area contributed by atoms with Gasteiger partial charge < -0.3 is 14.5 Å². The number of nitrogens with zero attached hydrogens (tertiary/aromatic N) is 2. The van der Waals surface area contributed by atoms with E-state index in [0.29, 0.717) is 24.5 Å². The number of benzene rings is 2. The maximum absolute atomic E-state index is 13.0. The molecule has 154 valence electrons. The first-order valence-corrected chi connectivity index (χ1v) is 9.76. The van der Waals surface area contributed by atoms with Gasteiger partial charge in [0.2, 0.25) is 5.89 Å². The van der Waals surface area contributed by atoms with E-state index in [2.05, 4.69) is 10.3 Å². The van der Waals surface area contributed by atoms with Gasteiger partial charge in [-0.1, -0.05) is 42.5 Å². The fraction of sp³-hybridized carbons (Fsp3) is 0.261. The van der Waals surface area contributed by atoms with Crippen molar-refractivity contribution in [2.45, 2.75) is 31.8 Å². The molecule has 1 saturated heterocycles. The smallest absolute Gasteiger partial charge is 0.325 e. The van der Waals surface area contributed by atoms with Crippen LogP contribution in [0.4, 0.5) is 4.79 Å². The molecule has 0 spiro atoms. The quantitative estimate of drug-likeness (QED) is 0.605. The summed E-state index contributed by atoms with van der Waals surface area (Å²) in [6, 6.07) is 16.8. The Morgan fingerprint density at radius 1 is 1.10 bits per heavy atom. The molecule has 0 unspecified atom stereocenters. The van der Waals surface area contributed by atoms with Crippen molar-refractivity contribution in [2.24, 2.45) is 0 Å². The fourth-order valence-corrected chi connectivity index (χ4v) is 3.50. The normalized spacial score (nSPS) is 18.5. The van der Waals surface area contributed by atoms with Crippen molar-refractivity contribution >= 4 is 11.9 Å². The molecule has 1 aromatic heterocycles. The lowest BCUT2D eigenvalue weighted by Gasteiger charge is -2.21. The monoisotopic (exact) mass is 405 g/mol. The lowest BCUT2D eigenvalue weighted by Crippen LogP contribution is -2.44. The molecule has 7 heteroatoms. The second kappa shape index (κ2) is 8.02. The first kappa shape index (κ1) is 19.7. The molecular weight excluding hydrogens is 382 g/mol. The van der Waals surface area contributed by atoms with E-state index in [-0.39, 0.29) is 12.5 Å². The first-order chi connectivity index (χ1) is 14.5. The number of carbonyl (C=O) groups is 2. The van der Waals surface area contributed by atoms with Gasteiger partial charge in [-0.3, -0.25) is 9.69 Å². The first-order valence-electron chi connectivity index (χ1n) is 9.76. The number of hydrogen-bond donors (Lipinski definition) is 1. The number of hydrogen-bond acceptors (Lipinski definition) is 5. The van der Waals surface area contributed by atoms with Crippen molar-refractivity contribution in [1.29, 1.82) is 0 Å². The third kappa shape index (κ3) is 3.91. The van der Waals surface area contributed by atoms with Gasteiger partial charge in [0.1, 0.15) is 17.8 Å². The van der Waals surface area contributed by atoms with Gasteiger partial charge in [0.15, 0.2) is 5.76 Å². The highest BCUT2D eigenvalue weighted by molar-refractivity contribution is 6.06. The molecule has 3 amide bonds. The van der Waals surface area contributed by atoms with E-state index in [1.165, 1.54) is 0 Å². The zero-order chi connectivity index (χ0) is 21.1. The largest absolute Gasteiger partial charge is 0.497 e. The summed E-state index contributed by atoms with van der Waals surface area (Å²) in [4.78, 5) is 30.9. The minimum atomic E-state index is -0.966. The summed E-state index contributed by atoms with van der Waals surface area (Å²) < 4.78 is 10.9. The van der Waals surface area contributed by atoms with Gasteiger partial charge in [0, 0.05) is 5.56 Å². The molecule has 0 bridgehead atoms. The summed E-state index contributed by atoms with van der Waals surface area (Å²) in [6.45, 7) is 1.75. The second-order valence-corrected chi connectivity index (χ2v) is 7.49. The van der Waals surface area contributed by atoms with Crippen molar-refractivity contribution in [1.82, 2.24) is 15.2 Å². The highest BCUT2D eigenvalue weighted by atomic mass is 16.5. The molecule has 2 heterocycles. The topological polar surface area (TPSA) is 84.7 Å². The van der Waals surface area contributed by atoms with Crippen LogP contribution in [0.3, 0.4) is 0 Å². The van der Waals surface area contributed by atoms with Gasteiger partial charge in [0.05, 0.1) is 13.3 Å². The molecule has 3 aromatic rings. The molecule has 1 fully saturated rings. The molecule has 0 radical (unpaired) electrons. The van der Waals surface area contributed by atoms with Crippen LogP contribution in [0.15, 0.2) is 65.2 Å². The number of nitrogens with one attached hydrogen (secondary N) is 1. The molecular formula is C23H23N3O4. The molecule has 1 N–H and O–H groups in total. The van der Waals surface area contributed by atoms with E-state index in [9.17, 15) is 9.59 Å². The van der Waals surface area contributed by atoms with Crippen molar-refractivity contribution in [3.05, 3.63) is 72.2 Å². The number of aromatic nitrogens is 1. The molecule has 30 heavy (non-hydrogen) atoms. The van der Waals surface area contributed by atoms with Gasteiger partial charge in [-0.2, -0.15) is 0 Å². The van der Waals surface area contributed by atoms with Gasteiger partial charge in [-0.05, 0) is 37.5 Å². The van der Waals surface area contributed by atoms with Gasteiger partial charge in [0.25, 0.3) is 5.91 Å². The molecule has 7 nitrogen and oxygen atoms in total. The molecule has 2 aromatic carbocycles. The zero-order valence-corrected chi connectivity index (χ0v) is 16.9. The molecule has 4 rings (SSSR count). The van der Waals surface area contributed by atoms with Crippen LogP contribution in [0.1, 0.15) is 24.8 Å². The minimum absolute atomic E-state index is 0.00434. The average Bonchev–Trinajstić information content (AvgIpc) is 3.32. The predicted molar refractivity (Wildman–Crippen MR) is 111 cm³/mol. The highest BCUT2D eigenvalue weighted by Gasteiger charge is 2.47. The number of oxazole rings is 1. The van der Waals surface area contributed by atoms with E-state index in [0.717, 1.165) is 21.8 Å². The number of ether oxygens (including phenoxy) is 1. The Kier molecular flexibility index (Phi) is 5.27. The number of imide groups is 1. The van der Waals surface area contributed by atoms with Crippen LogP contribution in [-0.2, 0) is 17.8 Å². The third-order valence-corrected chi connectivity index (χ3v) is 5.32. The summed E-state index contributed by atoms with van der Waals surface area (Å²) in [5.74, 6) is 1.42. The van der Waals surface area contributed by atoms with Gasteiger partial charge in [-0.15, -0.1) is 0 Å². The molecule has 1 aliphatic rings. The Hall–Kier alpha value is -3.61. The van der Waals surface area contributed by atoms with Gasteiger partial charge in [-0.25, -0.2) is 9.78 Å². The van der Waals surface area contributed by atoms with E-state index >= 15 is 0 Å². The summed E-state index contributed by atoms with van der Waals surface area (Å²) in [5.41, 5.74) is 0.988. The van der Waals surface area contributed by atoms with Crippen molar-refractivity contribution in [2.75, 3.05) is 7.11 Å². The third-order valence-electron chi connectivity index (χ3n) is 5.32. The van der Waals surface area contributed by atoms with E-state index in [4.69, 9.17) is 9.15 Å². The van der Waals surface area contributed by atoms with Crippen molar-refractivity contribution in [3.8, 4) is 17.1 Å². The molecule has 1 atom stereocenters. The Labute approximate surface area is 174 Å². The van der Waals surface area contributed by atoms with E-state index in [1.54, 1.807) is 20.2 Å². The summed E-state index contributed by atoms with van der Waals surface area (Å²) >= 11 is 0. The lowest BCUT2D eigenvalue weighted by atomic mass is 9.93. The predicted octanol–water partition coefficient (Wildman–Crippen LogP) is 3.79. The highest BCUT2D eigenvalue weighted by Crippen LogP contribution is 2.26. The Morgan fingerprint density at radius 3 is 2.53 bits per heavy atom. The standard InChI is InChI=1S/C23H23N3O4/c1-23(13-12-16-8-10-18(29-2)11-9-16)21(27)26(22(28)25-23)15-20-24-14-19(30-20)17-6-4-3-5-7-17/h3-11,14H,12-13,15H2,1-2H3,(H,25,28)/t23-/m1/s1. The second-order valence-electron chi connectivity index (χ2n) is 7.49. The number of rotatable bonds is 7. The molecule has 1 aliphatic heterocycles. The Morgan fingerprint density at radius 2 is 1.83 bits per heavy atom. The lowest BCUT2D eigenvalue weighted by molar-refractivity contribution is -0.131. The maximum atomic E-state index is 13.0. The van der Waals surface area contributed by atoms with Crippen LogP contribution < -0.4 is 10.1 Å². The minimum Gasteiger partial charge on any atom is -0.497 e. The van der Waals surface area contributed by atoms with Crippen LogP contribution in [0.5, 0.6) is 5.75 Å². The van der Waals surface area contributed by atoms with E-state index < -0.39 is 11.6 Å². The Balaban J connectivity index is 1.42. The number of urea groups is 1. The molecule has 0 aliphatic carbocycles. The summed E-state index contributed by atoms with van der Waals surface area (Å²) in [5, 5.41) is 2.82. The number of aryl methyl sites for hydroxylation is 1. The molecule has 0 saturated carbocycles. The zero-order valence-electron chi connectivity index (χ0n) is 16.9. The van der Waals surface area contributed by atoms with Crippen molar-refractivity contribution in [3.63, 3.8) is 0 Å². The number of methoxy groups -OCH3 is 1. The number of amides is 3. The van der Waals surface area contributed by atoms with Gasteiger partial charge >= 0.3 is 6.03 Å². The SMILES string of the molecule is COc1ccc(CC[C@@]2(C)NC(=O)N(Cc3ncc(-c4ccccc4)o3)C2=O)cc1. The maximum Gasteiger partial charge on any atom is 0.325 e. The average molecular weight is 405 g/mol. The summed E-state index contributed by atoms with van der Waals surface area (Å²) in [6.07, 6.45) is 2.74. The summed E-state index contributed by atoms with van der Waals surface area (Å²) in [7, 11) is 1.62. The van der Waals surface area contributed by atoms with Crippen LogP contribution in [0.2, 0.25) is 0 Å². The Bertz CT molecular complexity index is 1050. The van der Waals surface area contributed by atoms with Crippen LogP contribution in [0.25, 0.3) is 11.3 Å². The van der Waals surface area contributed by atoms with Crippen LogP contribution in [-0.4, -0.2) is 34.5 Å². The van der Waals surface area contributed by atoms with Crippen LogP contribution in [0, 0.1) is 0 Å². The number of carbonyl (C=O) groups excluding carboxylic acids is 2.